The van der Waals surface area contributed by atoms with Crippen LogP contribution in [0.2, 0.25) is 0 Å². The normalized spacial score (nSPS) is 12.7. The van der Waals surface area contributed by atoms with E-state index in [4.69, 9.17) is 4.74 Å². The Morgan fingerprint density at radius 1 is 1.50 bits per heavy atom. The molecule has 0 aliphatic heterocycles. The molecule has 1 heterocycles. The van der Waals surface area contributed by atoms with E-state index in [1.807, 2.05) is 32.2 Å². The zero-order chi connectivity index (χ0) is 11.8. The summed E-state index contributed by atoms with van der Waals surface area (Å²) in [5.41, 5.74) is 2.13. The molecule has 0 saturated carbocycles. The number of rotatable bonds is 7. The second kappa shape index (κ2) is 7.33. The first-order chi connectivity index (χ1) is 7.72. The van der Waals surface area contributed by atoms with Gasteiger partial charge in [-0.1, -0.05) is 6.07 Å². The Morgan fingerprint density at radius 2 is 2.31 bits per heavy atom. The highest BCUT2D eigenvalue weighted by Gasteiger charge is 2.02. The summed E-state index contributed by atoms with van der Waals surface area (Å²) in [6.07, 6.45) is 1.40. The second-order valence-electron chi connectivity index (χ2n) is 3.75. The second-order valence-corrected chi connectivity index (χ2v) is 3.75. The lowest BCUT2D eigenvalue weighted by Gasteiger charge is -2.11. The highest BCUT2D eigenvalue weighted by molar-refractivity contribution is 5.12. The fourth-order valence-corrected chi connectivity index (χ4v) is 1.30. The number of ether oxygens (including phenoxy) is 1. The highest BCUT2D eigenvalue weighted by atomic mass is 16.5. The van der Waals surface area contributed by atoms with Gasteiger partial charge in [0.25, 0.3) is 0 Å². The van der Waals surface area contributed by atoms with Crippen LogP contribution in [-0.2, 0) is 11.3 Å². The van der Waals surface area contributed by atoms with Crippen LogP contribution in [0.15, 0.2) is 18.3 Å². The van der Waals surface area contributed by atoms with Crippen LogP contribution in [0, 0.1) is 6.92 Å². The number of aryl methyl sites for hydroxylation is 1. The molecular formula is C12H20N2O2. The van der Waals surface area contributed by atoms with Crippen LogP contribution in [0.4, 0.5) is 0 Å². The number of aliphatic hydroxyl groups is 1. The van der Waals surface area contributed by atoms with Crippen molar-refractivity contribution in [3.63, 3.8) is 0 Å². The van der Waals surface area contributed by atoms with Crippen LogP contribution in [0.1, 0.15) is 18.2 Å². The lowest BCUT2D eigenvalue weighted by molar-refractivity contribution is 0.0427. The molecule has 2 N–H and O–H groups in total. The van der Waals surface area contributed by atoms with Crippen LogP contribution in [0.5, 0.6) is 0 Å². The number of aromatic nitrogens is 1. The van der Waals surface area contributed by atoms with E-state index in [1.165, 1.54) is 0 Å². The molecule has 16 heavy (non-hydrogen) atoms. The summed E-state index contributed by atoms with van der Waals surface area (Å²) in [5, 5.41) is 12.7. The maximum absolute atomic E-state index is 9.50. The molecule has 4 heteroatoms. The van der Waals surface area contributed by atoms with E-state index >= 15 is 0 Å². The molecule has 0 spiro atoms. The van der Waals surface area contributed by atoms with Crippen molar-refractivity contribution in [1.82, 2.24) is 10.3 Å². The van der Waals surface area contributed by atoms with Crippen molar-refractivity contribution in [2.24, 2.45) is 0 Å². The Morgan fingerprint density at radius 3 is 2.94 bits per heavy atom. The summed E-state index contributed by atoms with van der Waals surface area (Å²) in [6.45, 7) is 6.15. The van der Waals surface area contributed by atoms with E-state index in [0.717, 1.165) is 17.8 Å². The van der Waals surface area contributed by atoms with E-state index in [2.05, 4.69) is 10.3 Å². The predicted octanol–water partition coefficient (Wildman–Crippen LogP) is 0.877. The molecule has 4 nitrogen and oxygen atoms in total. The monoisotopic (exact) mass is 224 g/mol. The molecule has 1 atom stereocenters. The average Bonchev–Trinajstić information content (AvgIpc) is 2.29. The van der Waals surface area contributed by atoms with Crippen molar-refractivity contribution in [1.29, 1.82) is 0 Å². The molecule has 0 aliphatic rings. The van der Waals surface area contributed by atoms with Crippen LogP contribution in [0.3, 0.4) is 0 Å². The smallest absolute Gasteiger partial charge is 0.0897 e. The van der Waals surface area contributed by atoms with Gasteiger partial charge < -0.3 is 15.2 Å². The number of nitrogens with one attached hydrogen (secondary N) is 1. The molecule has 1 aromatic rings. The SMILES string of the molecule is CCOCC(O)CNCc1ccc(C)nc1. The van der Waals surface area contributed by atoms with Crippen molar-refractivity contribution < 1.29 is 9.84 Å². The molecule has 1 unspecified atom stereocenters. The Labute approximate surface area is 96.7 Å². The molecule has 0 bridgehead atoms. The Balaban J connectivity index is 2.17. The van der Waals surface area contributed by atoms with Crippen LogP contribution < -0.4 is 5.32 Å². The first kappa shape index (κ1) is 13.1. The Bertz CT molecular complexity index is 288. The van der Waals surface area contributed by atoms with Gasteiger partial charge >= 0.3 is 0 Å². The standard InChI is InChI=1S/C12H20N2O2/c1-3-16-9-12(15)8-13-6-11-5-4-10(2)14-7-11/h4-5,7,12-13,15H,3,6,8-9H2,1-2H3. The van der Waals surface area contributed by atoms with Crippen LogP contribution >= 0.6 is 0 Å². The van der Waals surface area contributed by atoms with E-state index in [0.29, 0.717) is 19.8 Å². The summed E-state index contributed by atoms with van der Waals surface area (Å²) in [4.78, 5) is 4.20. The number of aliphatic hydroxyl groups excluding tert-OH is 1. The average molecular weight is 224 g/mol. The number of pyridine rings is 1. The summed E-state index contributed by atoms with van der Waals surface area (Å²) in [5.74, 6) is 0. The summed E-state index contributed by atoms with van der Waals surface area (Å²) < 4.78 is 5.11. The fourth-order valence-electron chi connectivity index (χ4n) is 1.30. The van der Waals surface area contributed by atoms with Gasteiger partial charge in [-0.25, -0.2) is 0 Å². The molecular weight excluding hydrogens is 204 g/mol. The third-order valence-electron chi connectivity index (χ3n) is 2.20. The van der Waals surface area contributed by atoms with E-state index in [1.54, 1.807) is 0 Å². The molecule has 0 radical (unpaired) electrons. The van der Waals surface area contributed by atoms with Gasteiger partial charge in [0.2, 0.25) is 0 Å². The summed E-state index contributed by atoms with van der Waals surface area (Å²) in [6, 6.07) is 4.01. The van der Waals surface area contributed by atoms with Crippen molar-refractivity contribution in [3.05, 3.63) is 29.6 Å². The molecule has 0 saturated heterocycles. The molecule has 1 rings (SSSR count). The highest BCUT2D eigenvalue weighted by Crippen LogP contribution is 1.98. The van der Waals surface area contributed by atoms with Crippen molar-refractivity contribution in [2.75, 3.05) is 19.8 Å². The van der Waals surface area contributed by atoms with Gasteiger partial charge in [-0.2, -0.15) is 0 Å². The minimum atomic E-state index is -0.446. The van der Waals surface area contributed by atoms with Crippen LogP contribution in [0.25, 0.3) is 0 Å². The topological polar surface area (TPSA) is 54.4 Å². The largest absolute Gasteiger partial charge is 0.389 e. The first-order valence-corrected chi connectivity index (χ1v) is 5.60. The van der Waals surface area contributed by atoms with Gasteiger partial charge in [-0.05, 0) is 25.5 Å². The van der Waals surface area contributed by atoms with Gasteiger partial charge in [-0.3, -0.25) is 4.98 Å². The van der Waals surface area contributed by atoms with Gasteiger partial charge in [0.05, 0.1) is 12.7 Å². The Kier molecular flexibility index (Phi) is 6.00. The minimum Gasteiger partial charge on any atom is -0.389 e. The van der Waals surface area contributed by atoms with E-state index in [-0.39, 0.29) is 0 Å². The van der Waals surface area contributed by atoms with Crippen molar-refractivity contribution >= 4 is 0 Å². The number of nitrogens with zero attached hydrogens (tertiary/aromatic N) is 1. The lowest BCUT2D eigenvalue weighted by atomic mass is 10.2. The lowest BCUT2D eigenvalue weighted by Crippen LogP contribution is -2.30. The first-order valence-electron chi connectivity index (χ1n) is 5.60. The Hall–Kier alpha value is -0.970. The zero-order valence-electron chi connectivity index (χ0n) is 9.94. The molecule has 90 valence electrons. The predicted molar refractivity (Wildman–Crippen MR) is 63.2 cm³/mol. The molecule has 1 aromatic heterocycles. The van der Waals surface area contributed by atoms with Crippen molar-refractivity contribution in [2.45, 2.75) is 26.5 Å². The molecule has 0 amide bonds. The van der Waals surface area contributed by atoms with Crippen LogP contribution in [-0.4, -0.2) is 36.0 Å². The van der Waals surface area contributed by atoms with Gasteiger partial charge in [-0.15, -0.1) is 0 Å². The summed E-state index contributed by atoms with van der Waals surface area (Å²) >= 11 is 0. The fraction of sp³-hybridized carbons (Fsp3) is 0.583. The zero-order valence-corrected chi connectivity index (χ0v) is 9.94. The van der Waals surface area contributed by atoms with Gasteiger partial charge in [0.1, 0.15) is 0 Å². The third-order valence-corrected chi connectivity index (χ3v) is 2.20. The third kappa shape index (κ3) is 5.21. The maximum atomic E-state index is 9.50. The van der Waals surface area contributed by atoms with E-state index < -0.39 is 6.10 Å². The number of hydrogen-bond acceptors (Lipinski definition) is 4. The molecule has 0 aromatic carbocycles. The summed E-state index contributed by atoms with van der Waals surface area (Å²) in [7, 11) is 0. The quantitative estimate of drug-likeness (QED) is 0.722. The molecule has 0 fully saturated rings. The minimum absolute atomic E-state index is 0.385. The van der Waals surface area contributed by atoms with Crippen molar-refractivity contribution in [3.8, 4) is 0 Å². The van der Waals surface area contributed by atoms with E-state index in [9.17, 15) is 5.11 Å². The molecule has 0 aliphatic carbocycles. The number of hydrogen-bond donors (Lipinski definition) is 2. The van der Waals surface area contributed by atoms with Gasteiger partial charge in [0.15, 0.2) is 0 Å². The van der Waals surface area contributed by atoms with Gasteiger partial charge in [0, 0.05) is 31.6 Å². The maximum Gasteiger partial charge on any atom is 0.0897 e.